The summed E-state index contributed by atoms with van der Waals surface area (Å²) in [6, 6.07) is 17.5. The van der Waals surface area contributed by atoms with Gasteiger partial charge in [-0.2, -0.15) is 0 Å². The third-order valence-electron chi connectivity index (χ3n) is 7.13. The van der Waals surface area contributed by atoms with Crippen molar-refractivity contribution >= 4 is 23.7 Å². The third kappa shape index (κ3) is 6.17. The van der Waals surface area contributed by atoms with Crippen LogP contribution in [0.2, 0.25) is 0 Å². The van der Waals surface area contributed by atoms with Crippen LogP contribution in [0.5, 0.6) is 0 Å². The van der Waals surface area contributed by atoms with Crippen LogP contribution in [0.1, 0.15) is 50.7 Å². The van der Waals surface area contributed by atoms with Crippen molar-refractivity contribution in [2.45, 2.75) is 64.3 Å². The SMILES string of the molecule is CC[C@](C)(C(N)=O)C(=O)[C@@]1(O)[C@@H](NC(=O)OCc2ccccc2)CCN1C(=O)CCCc1ccccc1. The zero-order valence-electron chi connectivity index (χ0n) is 21.3. The molecule has 3 rings (SSSR count). The Balaban J connectivity index is 1.77. The van der Waals surface area contributed by atoms with E-state index in [0.717, 1.165) is 16.0 Å². The monoisotopic (exact) mass is 509 g/mol. The fourth-order valence-electron chi connectivity index (χ4n) is 4.57. The molecule has 3 atom stereocenters. The lowest BCUT2D eigenvalue weighted by molar-refractivity contribution is -0.178. The van der Waals surface area contributed by atoms with Crippen LogP contribution < -0.4 is 11.1 Å². The van der Waals surface area contributed by atoms with Gasteiger partial charge in [-0.05, 0) is 43.7 Å². The molecule has 198 valence electrons. The molecule has 3 amide bonds. The minimum atomic E-state index is -2.45. The zero-order chi connectivity index (χ0) is 27.1. The van der Waals surface area contributed by atoms with Crippen LogP contribution in [0, 0.1) is 5.41 Å². The number of aryl methyl sites for hydroxylation is 1. The molecule has 2 aromatic rings. The summed E-state index contributed by atoms with van der Waals surface area (Å²) in [6.07, 6.45) is 0.497. The van der Waals surface area contributed by atoms with Gasteiger partial charge in [0.05, 0.1) is 6.04 Å². The Labute approximate surface area is 217 Å². The number of aliphatic hydroxyl groups is 1. The summed E-state index contributed by atoms with van der Waals surface area (Å²) in [5, 5.41) is 14.3. The van der Waals surface area contributed by atoms with Crippen molar-refractivity contribution in [2.75, 3.05) is 6.54 Å². The second-order valence-electron chi connectivity index (χ2n) is 9.54. The number of Topliss-reactive ketones (excluding diaryl/α,β-unsaturated/α-hetero) is 1. The van der Waals surface area contributed by atoms with E-state index in [0.29, 0.717) is 12.8 Å². The molecule has 1 aliphatic rings. The van der Waals surface area contributed by atoms with Crippen LogP contribution in [0.25, 0.3) is 0 Å². The molecule has 1 saturated heterocycles. The fourth-order valence-corrected chi connectivity index (χ4v) is 4.57. The molecule has 0 saturated carbocycles. The van der Waals surface area contributed by atoms with Crippen LogP contribution in [0.15, 0.2) is 60.7 Å². The topological polar surface area (TPSA) is 139 Å². The Morgan fingerprint density at radius 2 is 1.68 bits per heavy atom. The average Bonchev–Trinajstić information content (AvgIpc) is 3.24. The first-order chi connectivity index (χ1) is 17.6. The molecular formula is C28H35N3O6. The van der Waals surface area contributed by atoms with E-state index in [1.54, 1.807) is 19.1 Å². The van der Waals surface area contributed by atoms with Gasteiger partial charge in [0.15, 0.2) is 0 Å². The van der Waals surface area contributed by atoms with Gasteiger partial charge in [0.25, 0.3) is 0 Å². The largest absolute Gasteiger partial charge is 0.445 e. The van der Waals surface area contributed by atoms with E-state index in [1.807, 2.05) is 48.5 Å². The second kappa shape index (κ2) is 12.0. The minimum absolute atomic E-state index is 0.0120. The van der Waals surface area contributed by atoms with Gasteiger partial charge in [-0.3, -0.25) is 14.4 Å². The number of rotatable bonds is 11. The highest BCUT2D eigenvalue weighted by molar-refractivity contribution is 6.10. The summed E-state index contributed by atoms with van der Waals surface area (Å²) < 4.78 is 5.26. The first kappa shape index (κ1) is 27.9. The highest BCUT2D eigenvalue weighted by Crippen LogP contribution is 2.37. The number of nitrogens with two attached hydrogens (primary N) is 1. The Morgan fingerprint density at radius 1 is 1.08 bits per heavy atom. The Hall–Kier alpha value is -3.72. The highest BCUT2D eigenvalue weighted by atomic mass is 16.5. The van der Waals surface area contributed by atoms with Gasteiger partial charge in [-0.1, -0.05) is 67.6 Å². The minimum Gasteiger partial charge on any atom is -0.445 e. The van der Waals surface area contributed by atoms with E-state index in [-0.39, 0.29) is 32.4 Å². The molecule has 0 spiro atoms. The fraction of sp³-hybridized carbons (Fsp3) is 0.429. The number of ether oxygens (including phenoxy) is 1. The number of carbonyl (C=O) groups excluding carboxylic acids is 4. The number of primary amides is 1. The zero-order valence-corrected chi connectivity index (χ0v) is 21.3. The number of alkyl carbamates (subject to hydrolysis) is 1. The van der Waals surface area contributed by atoms with Crippen LogP contribution in [-0.2, 0) is 32.1 Å². The van der Waals surface area contributed by atoms with Gasteiger partial charge in [-0.15, -0.1) is 0 Å². The number of nitrogens with zero attached hydrogens (tertiary/aromatic N) is 1. The lowest BCUT2D eigenvalue weighted by Crippen LogP contribution is -2.67. The standard InChI is InChI=1S/C28H35N3O6/c1-3-27(2,25(29)34)24(33)28(36)22(30-26(35)37-19-21-13-8-5-9-14-21)17-18-31(28)23(32)16-10-15-20-11-6-4-7-12-20/h4-9,11-14,22,36H,3,10,15-19H2,1-2H3,(H2,29,34)(H,30,35)/t22-,27-,28-/m0/s1. The maximum Gasteiger partial charge on any atom is 0.407 e. The summed E-state index contributed by atoms with van der Waals surface area (Å²) in [6.45, 7) is 2.96. The number of amides is 3. The number of hydrogen-bond donors (Lipinski definition) is 3. The van der Waals surface area contributed by atoms with Crippen molar-refractivity contribution in [1.29, 1.82) is 0 Å². The first-order valence-electron chi connectivity index (χ1n) is 12.5. The maximum atomic E-state index is 13.7. The normalized spacial score (nSPS) is 20.6. The molecule has 1 fully saturated rings. The van der Waals surface area contributed by atoms with Gasteiger partial charge < -0.3 is 25.8 Å². The van der Waals surface area contributed by atoms with Crippen LogP contribution in [-0.4, -0.2) is 52.0 Å². The first-order valence-corrected chi connectivity index (χ1v) is 12.5. The Kier molecular flexibility index (Phi) is 9.04. The van der Waals surface area contributed by atoms with Crippen molar-refractivity contribution in [1.82, 2.24) is 10.2 Å². The van der Waals surface area contributed by atoms with Gasteiger partial charge >= 0.3 is 6.09 Å². The average molecular weight is 510 g/mol. The molecule has 9 heteroatoms. The summed E-state index contributed by atoms with van der Waals surface area (Å²) in [4.78, 5) is 52.9. The lowest BCUT2D eigenvalue weighted by atomic mass is 9.75. The van der Waals surface area contributed by atoms with Crippen molar-refractivity contribution < 1.29 is 29.0 Å². The number of ketones is 1. The molecule has 9 nitrogen and oxygen atoms in total. The smallest absolute Gasteiger partial charge is 0.407 e. The van der Waals surface area contributed by atoms with Gasteiger partial charge in [0, 0.05) is 13.0 Å². The molecule has 1 heterocycles. The predicted octanol–water partition coefficient (Wildman–Crippen LogP) is 2.70. The molecule has 37 heavy (non-hydrogen) atoms. The van der Waals surface area contributed by atoms with E-state index in [4.69, 9.17) is 10.5 Å². The number of nitrogens with one attached hydrogen (secondary N) is 1. The molecule has 0 radical (unpaired) electrons. The predicted molar refractivity (Wildman–Crippen MR) is 137 cm³/mol. The van der Waals surface area contributed by atoms with Gasteiger partial charge in [0.2, 0.25) is 23.3 Å². The maximum absolute atomic E-state index is 13.7. The molecule has 0 aliphatic carbocycles. The van der Waals surface area contributed by atoms with Crippen LogP contribution >= 0.6 is 0 Å². The number of likely N-dealkylation sites (tertiary alicyclic amines) is 1. The number of hydrogen-bond acceptors (Lipinski definition) is 6. The second-order valence-corrected chi connectivity index (χ2v) is 9.54. The highest BCUT2D eigenvalue weighted by Gasteiger charge is 2.61. The van der Waals surface area contributed by atoms with Crippen LogP contribution in [0.3, 0.4) is 0 Å². The van der Waals surface area contributed by atoms with Gasteiger partial charge in [-0.25, -0.2) is 4.79 Å². The van der Waals surface area contributed by atoms with Crippen LogP contribution in [0.4, 0.5) is 4.79 Å². The molecule has 0 unspecified atom stereocenters. The Bertz CT molecular complexity index is 1110. The van der Waals surface area contributed by atoms with Gasteiger partial charge in [0.1, 0.15) is 12.0 Å². The molecule has 0 aromatic heterocycles. The molecular weight excluding hydrogens is 474 g/mol. The van der Waals surface area contributed by atoms with E-state index in [9.17, 15) is 24.3 Å². The summed E-state index contributed by atoms with van der Waals surface area (Å²) in [5.74, 6) is -2.28. The van der Waals surface area contributed by atoms with Crippen molar-refractivity contribution in [3.05, 3.63) is 71.8 Å². The third-order valence-corrected chi connectivity index (χ3v) is 7.13. The Morgan fingerprint density at radius 3 is 2.24 bits per heavy atom. The summed E-state index contributed by atoms with van der Waals surface area (Å²) in [7, 11) is 0. The quantitative estimate of drug-likeness (QED) is 0.398. The summed E-state index contributed by atoms with van der Waals surface area (Å²) in [5.41, 5.74) is 3.19. The van der Waals surface area contributed by atoms with E-state index in [2.05, 4.69) is 5.32 Å². The number of carbonyl (C=O) groups is 4. The van der Waals surface area contributed by atoms with Crippen molar-refractivity contribution in [3.8, 4) is 0 Å². The van der Waals surface area contributed by atoms with E-state index < -0.39 is 40.9 Å². The van der Waals surface area contributed by atoms with E-state index >= 15 is 0 Å². The molecule has 4 N–H and O–H groups in total. The number of benzene rings is 2. The molecule has 2 aromatic carbocycles. The van der Waals surface area contributed by atoms with Crippen molar-refractivity contribution in [2.24, 2.45) is 11.1 Å². The lowest BCUT2D eigenvalue weighted by Gasteiger charge is -2.40. The van der Waals surface area contributed by atoms with E-state index in [1.165, 1.54) is 6.92 Å². The van der Waals surface area contributed by atoms with Crippen molar-refractivity contribution in [3.63, 3.8) is 0 Å². The molecule has 1 aliphatic heterocycles. The molecule has 0 bridgehead atoms. The summed E-state index contributed by atoms with van der Waals surface area (Å²) >= 11 is 0.